The van der Waals surface area contributed by atoms with Crippen LogP contribution in [0.25, 0.3) is 0 Å². The maximum absolute atomic E-state index is 12.6. The van der Waals surface area contributed by atoms with Gasteiger partial charge in [0.15, 0.2) is 0 Å². The lowest BCUT2D eigenvalue weighted by atomic mass is 9.97. The van der Waals surface area contributed by atoms with E-state index in [1.165, 1.54) is 4.31 Å². The molecule has 0 spiro atoms. The van der Waals surface area contributed by atoms with Crippen molar-refractivity contribution in [2.75, 3.05) is 36.4 Å². The number of carbonyl (C=O) groups is 2. The van der Waals surface area contributed by atoms with Crippen molar-refractivity contribution in [1.82, 2.24) is 9.29 Å². The largest absolute Gasteiger partial charge is 0.369 e. The van der Waals surface area contributed by atoms with Crippen LogP contribution in [0.5, 0.6) is 0 Å². The van der Waals surface area contributed by atoms with Gasteiger partial charge in [-0.15, -0.1) is 0 Å². The number of aromatic nitrogens is 1. The van der Waals surface area contributed by atoms with Gasteiger partial charge in [0, 0.05) is 32.6 Å². The lowest BCUT2D eigenvalue weighted by molar-refractivity contribution is -0.122. The number of carbonyl (C=O) groups excluding carboxylic acids is 2. The minimum absolute atomic E-state index is 0.152. The number of primary amides is 1. The van der Waals surface area contributed by atoms with E-state index >= 15 is 0 Å². The molecule has 9 nitrogen and oxygen atoms in total. The predicted molar refractivity (Wildman–Crippen MR) is 132 cm³/mol. The van der Waals surface area contributed by atoms with Crippen molar-refractivity contribution < 1.29 is 18.0 Å². The highest BCUT2D eigenvalue weighted by Gasteiger charge is 2.25. The van der Waals surface area contributed by atoms with E-state index < -0.39 is 10.0 Å². The van der Waals surface area contributed by atoms with Crippen molar-refractivity contribution in [3.8, 4) is 0 Å². The highest BCUT2D eigenvalue weighted by atomic mass is 32.2. The molecule has 0 bridgehead atoms. The molecule has 34 heavy (non-hydrogen) atoms. The van der Waals surface area contributed by atoms with Gasteiger partial charge in [-0.3, -0.25) is 9.59 Å². The van der Waals surface area contributed by atoms with Gasteiger partial charge in [-0.2, -0.15) is 4.31 Å². The molecule has 3 rings (SSSR count). The quantitative estimate of drug-likeness (QED) is 0.530. The van der Waals surface area contributed by atoms with Gasteiger partial charge in [0.25, 0.3) is 0 Å². The first-order chi connectivity index (χ1) is 16.2. The lowest BCUT2D eigenvalue weighted by Crippen LogP contribution is -2.41. The molecule has 1 aromatic heterocycles. The fourth-order valence-electron chi connectivity index (χ4n) is 4.09. The summed E-state index contributed by atoms with van der Waals surface area (Å²) in [5.41, 5.74) is 6.93. The number of piperidine rings is 1. The van der Waals surface area contributed by atoms with E-state index in [1.807, 2.05) is 24.8 Å². The number of hydrogen-bond donors (Lipinski definition) is 2. The average Bonchev–Trinajstić information content (AvgIpc) is 2.84. The van der Waals surface area contributed by atoms with Crippen LogP contribution in [0.1, 0.15) is 38.7 Å². The summed E-state index contributed by atoms with van der Waals surface area (Å²) in [7, 11) is -3.49. The molecular weight excluding hydrogens is 454 g/mol. The molecule has 2 amide bonds. The second-order valence-corrected chi connectivity index (χ2v) is 10.3. The summed E-state index contributed by atoms with van der Waals surface area (Å²) in [5, 5.41) is 2.84. The third kappa shape index (κ3) is 6.32. The number of benzene rings is 1. The standard InChI is InChI=1S/C24H33N5O4S/c1-3-29(4-2)34(32,33)21-11-7-18(8-12-21)9-14-23(30)27-20-10-13-22(26-16-20)28-15-5-6-19(17-28)24(25)31/h7-8,10-13,16,19H,3-6,9,14-15,17H2,1-2H3,(H2,25,31)(H,27,30). The van der Waals surface area contributed by atoms with Crippen LogP contribution < -0.4 is 16.0 Å². The van der Waals surface area contributed by atoms with Crippen LogP contribution in [-0.2, 0) is 26.0 Å². The predicted octanol–water partition coefficient (Wildman–Crippen LogP) is 2.39. The number of hydrogen-bond acceptors (Lipinski definition) is 6. The van der Waals surface area contributed by atoms with E-state index in [0.29, 0.717) is 31.7 Å². The summed E-state index contributed by atoms with van der Waals surface area (Å²) >= 11 is 0. The van der Waals surface area contributed by atoms with Crippen molar-refractivity contribution in [3.05, 3.63) is 48.2 Å². The minimum Gasteiger partial charge on any atom is -0.369 e. The Balaban J connectivity index is 1.52. The summed E-state index contributed by atoms with van der Waals surface area (Å²) in [6.45, 7) is 5.83. The Morgan fingerprint density at radius 3 is 2.44 bits per heavy atom. The zero-order valence-corrected chi connectivity index (χ0v) is 20.6. The Kier molecular flexibility index (Phi) is 8.62. The van der Waals surface area contributed by atoms with Crippen LogP contribution in [0.2, 0.25) is 0 Å². The van der Waals surface area contributed by atoms with Crippen LogP contribution in [0.3, 0.4) is 0 Å². The summed E-state index contributed by atoms with van der Waals surface area (Å²) in [6.07, 6.45) is 4.04. The van der Waals surface area contributed by atoms with Gasteiger partial charge in [-0.25, -0.2) is 13.4 Å². The molecule has 2 aromatic rings. The number of nitrogens with two attached hydrogens (primary N) is 1. The first-order valence-electron chi connectivity index (χ1n) is 11.6. The number of pyridine rings is 1. The van der Waals surface area contributed by atoms with Gasteiger partial charge >= 0.3 is 0 Å². The molecule has 1 atom stereocenters. The van der Waals surface area contributed by atoms with Gasteiger partial charge in [-0.1, -0.05) is 26.0 Å². The molecule has 0 radical (unpaired) electrons. The maximum atomic E-state index is 12.6. The number of sulfonamides is 1. The molecule has 0 saturated carbocycles. The zero-order chi connectivity index (χ0) is 24.7. The molecule has 10 heteroatoms. The molecule has 1 fully saturated rings. The van der Waals surface area contributed by atoms with Crippen molar-refractivity contribution in [2.24, 2.45) is 11.7 Å². The van der Waals surface area contributed by atoms with Crippen LogP contribution in [0.4, 0.5) is 11.5 Å². The lowest BCUT2D eigenvalue weighted by Gasteiger charge is -2.32. The number of rotatable bonds is 10. The minimum atomic E-state index is -3.49. The summed E-state index contributed by atoms with van der Waals surface area (Å²) in [5.74, 6) is 0.153. The molecule has 1 aliphatic heterocycles. The van der Waals surface area contributed by atoms with Gasteiger partial charge in [0.2, 0.25) is 21.8 Å². The van der Waals surface area contributed by atoms with E-state index in [-0.39, 0.29) is 29.0 Å². The fraction of sp³-hybridized carbons (Fsp3) is 0.458. The van der Waals surface area contributed by atoms with Gasteiger partial charge in [0.1, 0.15) is 5.82 Å². The highest BCUT2D eigenvalue weighted by Crippen LogP contribution is 2.22. The van der Waals surface area contributed by atoms with Crippen molar-refractivity contribution in [2.45, 2.75) is 44.4 Å². The SMILES string of the molecule is CCN(CC)S(=O)(=O)c1ccc(CCC(=O)Nc2ccc(N3CCCC(C(N)=O)C3)nc2)cc1. The van der Waals surface area contributed by atoms with Gasteiger partial charge < -0.3 is 16.0 Å². The molecule has 1 unspecified atom stereocenters. The second-order valence-electron chi connectivity index (χ2n) is 8.37. The van der Waals surface area contributed by atoms with E-state index in [9.17, 15) is 18.0 Å². The van der Waals surface area contributed by atoms with Crippen molar-refractivity contribution in [1.29, 1.82) is 0 Å². The number of amides is 2. The number of nitrogens with zero attached hydrogens (tertiary/aromatic N) is 3. The smallest absolute Gasteiger partial charge is 0.243 e. The first-order valence-corrected chi connectivity index (χ1v) is 13.1. The van der Waals surface area contributed by atoms with Gasteiger partial charge in [0.05, 0.1) is 22.7 Å². The number of nitrogens with one attached hydrogen (secondary N) is 1. The topological polar surface area (TPSA) is 126 Å². The Hall–Kier alpha value is -2.98. The second kappa shape index (κ2) is 11.4. The van der Waals surface area contributed by atoms with E-state index in [4.69, 9.17) is 5.73 Å². The fourth-order valence-corrected chi connectivity index (χ4v) is 5.54. The molecule has 0 aliphatic carbocycles. The van der Waals surface area contributed by atoms with E-state index in [1.54, 1.807) is 36.5 Å². The van der Waals surface area contributed by atoms with Crippen LogP contribution >= 0.6 is 0 Å². The van der Waals surface area contributed by atoms with E-state index in [2.05, 4.69) is 10.3 Å². The molecule has 1 aliphatic rings. The molecule has 184 valence electrons. The monoisotopic (exact) mass is 487 g/mol. The molecule has 1 aromatic carbocycles. The van der Waals surface area contributed by atoms with Crippen LogP contribution in [0.15, 0.2) is 47.5 Å². The highest BCUT2D eigenvalue weighted by molar-refractivity contribution is 7.89. The Morgan fingerprint density at radius 2 is 1.85 bits per heavy atom. The molecule has 2 heterocycles. The van der Waals surface area contributed by atoms with Crippen LogP contribution in [0, 0.1) is 5.92 Å². The zero-order valence-electron chi connectivity index (χ0n) is 19.7. The third-order valence-corrected chi connectivity index (χ3v) is 8.15. The normalized spacial score (nSPS) is 16.4. The Labute approximate surface area is 201 Å². The number of anilines is 2. The maximum Gasteiger partial charge on any atom is 0.243 e. The molecule has 3 N–H and O–H groups in total. The van der Waals surface area contributed by atoms with Gasteiger partial charge in [-0.05, 0) is 49.1 Å². The van der Waals surface area contributed by atoms with E-state index in [0.717, 1.165) is 30.8 Å². The average molecular weight is 488 g/mol. The molecular formula is C24H33N5O4S. The summed E-state index contributed by atoms with van der Waals surface area (Å²) in [6, 6.07) is 10.3. The van der Waals surface area contributed by atoms with Crippen molar-refractivity contribution in [3.63, 3.8) is 0 Å². The Morgan fingerprint density at radius 1 is 1.15 bits per heavy atom. The third-order valence-electron chi connectivity index (χ3n) is 6.09. The Bertz CT molecular complexity index is 1080. The summed E-state index contributed by atoms with van der Waals surface area (Å²) < 4.78 is 26.6. The first kappa shape index (κ1) is 25.6. The van der Waals surface area contributed by atoms with Crippen LogP contribution in [-0.4, -0.2) is 55.7 Å². The molecule has 1 saturated heterocycles. The summed E-state index contributed by atoms with van der Waals surface area (Å²) in [4.78, 5) is 30.6. The number of aryl methyl sites for hydroxylation is 1. The van der Waals surface area contributed by atoms with Crippen molar-refractivity contribution >= 4 is 33.3 Å².